The number of benzene rings is 1. The first kappa shape index (κ1) is 19.9. The SMILES string of the molecule is CN=C(NCC(C)(C)c1cccs1)Nc1cc(OC)c(OC)c(OC)c1. The van der Waals surface area contributed by atoms with E-state index in [4.69, 9.17) is 14.2 Å². The fourth-order valence-corrected chi connectivity index (χ4v) is 3.38. The first-order valence-electron chi connectivity index (χ1n) is 8.26. The van der Waals surface area contributed by atoms with Crippen molar-refractivity contribution in [3.05, 3.63) is 34.5 Å². The maximum absolute atomic E-state index is 5.39. The number of ether oxygens (including phenoxy) is 3. The van der Waals surface area contributed by atoms with Crippen LogP contribution in [0.25, 0.3) is 0 Å². The first-order valence-corrected chi connectivity index (χ1v) is 9.14. The van der Waals surface area contributed by atoms with Gasteiger partial charge in [-0.3, -0.25) is 4.99 Å². The van der Waals surface area contributed by atoms with Crippen LogP contribution in [0.2, 0.25) is 0 Å². The molecule has 0 aliphatic heterocycles. The Bertz CT molecular complexity index is 717. The van der Waals surface area contributed by atoms with Crippen LogP contribution in [0.3, 0.4) is 0 Å². The standard InChI is InChI=1S/C19H27N3O3S/c1-19(2,16-8-7-9-26-16)12-21-18(20-3)22-13-10-14(23-4)17(25-6)15(11-13)24-5/h7-11H,12H2,1-6H3,(H2,20,21,22). The van der Waals surface area contributed by atoms with E-state index in [9.17, 15) is 0 Å². The zero-order valence-electron chi connectivity index (χ0n) is 16.2. The molecule has 1 aromatic heterocycles. The van der Waals surface area contributed by atoms with Gasteiger partial charge >= 0.3 is 0 Å². The number of methoxy groups -OCH3 is 3. The molecule has 0 aliphatic rings. The summed E-state index contributed by atoms with van der Waals surface area (Å²) in [5, 5.41) is 8.75. The van der Waals surface area contributed by atoms with Gasteiger partial charge < -0.3 is 24.8 Å². The molecule has 142 valence electrons. The lowest BCUT2D eigenvalue weighted by atomic mass is 9.91. The lowest BCUT2D eigenvalue weighted by Crippen LogP contribution is -2.39. The van der Waals surface area contributed by atoms with E-state index in [1.54, 1.807) is 39.7 Å². The number of aliphatic imine (C=N–C) groups is 1. The number of rotatable bonds is 7. The summed E-state index contributed by atoms with van der Waals surface area (Å²) in [6, 6.07) is 7.92. The molecule has 26 heavy (non-hydrogen) atoms. The average molecular weight is 378 g/mol. The lowest BCUT2D eigenvalue weighted by molar-refractivity contribution is 0.324. The van der Waals surface area contributed by atoms with Gasteiger partial charge in [-0.1, -0.05) is 19.9 Å². The second-order valence-electron chi connectivity index (χ2n) is 6.33. The van der Waals surface area contributed by atoms with Gasteiger partial charge in [0.05, 0.1) is 21.3 Å². The van der Waals surface area contributed by atoms with Crippen LogP contribution in [0, 0.1) is 0 Å². The van der Waals surface area contributed by atoms with Crippen molar-refractivity contribution < 1.29 is 14.2 Å². The third kappa shape index (κ3) is 4.60. The molecule has 0 bridgehead atoms. The maximum atomic E-state index is 5.39. The maximum Gasteiger partial charge on any atom is 0.203 e. The molecule has 0 saturated carbocycles. The second-order valence-corrected chi connectivity index (χ2v) is 7.27. The molecule has 1 heterocycles. The summed E-state index contributed by atoms with van der Waals surface area (Å²) in [5.41, 5.74) is 0.794. The molecule has 2 aromatic rings. The molecule has 0 fully saturated rings. The summed E-state index contributed by atoms with van der Waals surface area (Å²) < 4.78 is 16.1. The molecule has 7 heteroatoms. The minimum absolute atomic E-state index is 0.00107. The molecular weight excluding hydrogens is 350 g/mol. The number of hydrogen-bond acceptors (Lipinski definition) is 5. The zero-order chi connectivity index (χ0) is 19.2. The first-order chi connectivity index (χ1) is 12.4. The van der Waals surface area contributed by atoms with Crippen molar-refractivity contribution in [2.75, 3.05) is 40.2 Å². The van der Waals surface area contributed by atoms with Crippen molar-refractivity contribution in [3.8, 4) is 17.2 Å². The second kappa shape index (κ2) is 8.80. The van der Waals surface area contributed by atoms with Crippen LogP contribution in [0.4, 0.5) is 5.69 Å². The third-order valence-corrected chi connectivity index (χ3v) is 5.27. The van der Waals surface area contributed by atoms with Crippen molar-refractivity contribution in [2.45, 2.75) is 19.3 Å². The molecule has 2 rings (SSSR count). The van der Waals surface area contributed by atoms with Crippen molar-refractivity contribution in [3.63, 3.8) is 0 Å². The molecule has 0 spiro atoms. The van der Waals surface area contributed by atoms with Crippen LogP contribution < -0.4 is 24.8 Å². The van der Waals surface area contributed by atoms with Gasteiger partial charge in [-0.2, -0.15) is 0 Å². The van der Waals surface area contributed by atoms with Gasteiger partial charge in [0.2, 0.25) is 5.75 Å². The summed E-state index contributed by atoms with van der Waals surface area (Å²) in [7, 11) is 6.52. The highest BCUT2D eigenvalue weighted by Gasteiger charge is 2.22. The van der Waals surface area contributed by atoms with E-state index in [0.717, 1.165) is 12.2 Å². The summed E-state index contributed by atoms with van der Waals surface area (Å²) in [5.74, 6) is 2.40. The van der Waals surface area contributed by atoms with Crippen LogP contribution in [0.1, 0.15) is 18.7 Å². The Hall–Kier alpha value is -2.41. The molecule has 0 saturated heterocycles. The smallest absolute Gasteiger partial charge is 0.203 e. The molecule has 0 amide bonds. The molecule has 0 radical (unpaired) electrons. The van der Waals surface area contributed by atoms with E-state index < -0.39 is 0 Å². The van der Waals surface area contributed by atoms with Crippen molar-refractivity contribution in [1.82, 2.24) is 5.32 Å². The van der Waals surface area contributed by atoms with Crippen molar-refractivity contribution >= 4 is 23.0 Å². The molecule has 6 nitrogen and oxygen atoms in total. The van der Waals surface area contributed by atoms with E-state index in [0.29, 0.717) is 23.2 Å². The topological polar surface area (TPSA) is 64.1 Å². The minimum atomic E-state index is 0.00107. The summed E-state index contributed by atoms with van der Waals surface area (Å²) >= 11 is 1.76. The molecule has 2 N–H and O–H groups in total. The Balaban J connectivity index is 2.13. The monoisotopic (exact) mass is 377 g/mol. The minimum Gasteiger partial charge on any atom is -0.493 e. The van der Waals surface area contributed by atoms with Gasteiger partial charge in [0, 0.05) is 41.7 Å². The van der Waals surface area contributed by atoms with Crippen LogP contribution in [-0.4, -0.2) is 40.9 Å². The van der Waals surface area contributed by atoms with Crippen LogP contribution in [0.15, 0.2) is 34.6 Å². The van der Waals surface area contributed by atoms with Gasteiger partial charge in [-0.15, -0.1) is 11.3 Å². The number of thiophene rings is 1. The van der Waals surface area contributed by atoms with Crippen LogP contribution in [0.5, 0.6) is 17.2 Å². The molecule has 0 unspecified atom stereocenters. The van der Waals surface area contributed by atoms with Crippen molar-refractivity contribution in [1.29, 1.82) is 0 Å². The summed E-state index contributed by atoms with van der Waals surface area (Å²) in [6.07, 6.45) is 0. The van der Waals surface area contributed by atoms with Gasteiger partial charge in [-0.05, 0) is 11.4 Å². The predicted molar refractivity (Wildman–Crippen MR) is 108 cm³/mol. The number of guanidine groups is 1. The molecule has 0 aliphatic carbocycles. The summed E-state index contributed by atoms with van der Waals surface area (Å²) in [6.45, 7) is 5.16. The fraction of sp³-hybridized carbons (Fsp3) is 0.421. The zero-order valence-corrected chi connectivity index (χ0v) is 17.0. The van der Waals surface area contributed by atoms with Crippen molar-refractivity contribution in [2.24, 2.45) is 4.99 Å². The number of nitrogens with zero attached hydrogens (tertiary/aromatic N) is 1. The molecule has 1 aromatic carbocycles. The lowest BCUT2D eigenvalue weighted by Gasteiger charge is -2.25. The van der Waals surface area contributed by atoms with E-state index in [1.165, 1.54) is 4.88 Å². The van der Waals surface area contributed by atoms with Crippen LogP contribution >= 0.6 is 11.3 Å². The summed E-state index contributed by atoms with van der Waals surface area (Å²) in [4.78, 5) is 5.63. The quantitative estimate of drug-likeness (QED) is 0.568. The number of nitrogens with one attached hydrogen (secondary N) is 2. The Kier molecular flexibility index (Phi) is 6.74. The highest BCUT2D eigenvalue weighted by atomic mass is 32.1. The van der Waals surface area contributed by atoms with E-state index >= 15 is 0 Å². The Morgan fingerprint density at radius 2 is 1.77 bits per heavy atom. The van der Waals surface area contributed by atoms with Crippen LogP contribution in [-0.2, 0) is 5.41 Å². The molecule has 0 atom stereocenters. The van der Waals surface area contributed by atoms with E-state index in [-0.39, 0.29) is 5.41 Å². The largest absolute Gasteiger partial charge is 0.493 e. The van der Waals surface area contributed by atoms with Gasteiger partial charge in [0.1, 0.15) is 0 Å². The Labute approximate surface area is 159 Å². The number of anilines is 1. The number of hydrogen-bond donors (Lipinski definition) is 2. The third-order valence-electron chi connectivity index (χ3n) is 4.04. The highest BCUT2D eigenvalue weighted by Crippen LogP contribution is 2.39. The highest BCUT2D eigenvalue weighted by molar-refractivity contribution is 7.10. The van der Waals surface area contributed by atoms with Gasteiger partial charge in [0.25, 0.3) is 0 Å². The average Bonchev–Trinajstić information content (AvgIpc) is 3.19. The predicted octanol–water partition coefficient (Wildman–Crippen LogP) is 3.74. The van der Waals surface area contributed by atoms with Gasteiger partial charge in [-0.25, -0.2) is 0 Å². The molecular formula is C19H27N3O3S. The van der Waals surface area contributed by atoms with E-state index in [1.807, 2.05) is 12.1 Å². The Morgan fingerprint density at radius 3 is 2.23 bits per heavy atom. The Morgan fingerprint density at radius 1 is 1.12 bits per heavy atom. The van der Waals surface area contributed by atoms with E-state index in [2.05, 4.69) is 47.0 Å². The fourth-order valence-electron chi connectivity index (χ4n) is 2.52. The normalized spacial score (nSPS) is 11.8. The van der Waals surface area contributed by atoms with Gasteiger partial charge in [0.15, 0.2) is 17.5 Å².